The third kappa shape index (κ3) is 5.97. The van der Waals surface area contributed by atoms with Crippen LogP contribution in [0.15, 0.2) is 94.4 Å². The van der Waals surface area contributed by atoms with Crippen molar-refractivity contribution in [1.29, 1.82) is 0 Å². The molecule has 2 aliphatic heterocycles. The molecule has 2 aliphatic rings. The van der Waals surface area contributed by atoms with Crippen LogP contribution in [0.2, 0.25) is 0 Å². The zero-order valence-corrected chi connectivity index (χ0v) is 31.4. The van der Waals surface area contributed by atoms with Crippen LogP contribution in [0.1, 0.15) is 38.8 Å². The van der Waals surface area contributed by atoms with Crippen LogP contribution in [0.4, 0.5) is 11.4 Å². The van der Waals surface area contributed by atoms with Crippen LogP contribution >= 0.6 is 45.2 Å². The van der Waals surface area contributed by atoms with Gasteiger partial charge in [0.05, 0.1) is 10.3 Å². The van der Waals surface area contributed by atoms with Crippen molar-refractivity contribution in [2.75, 3.05) is 19.0 Å². The lowest BCUT2D eigenvalue weighted by Gasteiger charge is -2.24. The van der Waals surface area contributed by atoms with Crippen LogP contribution < -0.4 is 4.90 Å². The molecule has 0 fully saturated rings. The molecule has 0 saturated heterocycles. The first-order valence-electron chi connectivity index (χ1n) is 13.9. The summed E-state index contributed by atoms with van der Waals surface area (Å²) in [4.78, 5) is 1.06. The van der Waals surface area contributed by atoms with Crippen molar-refractivity contribution in [3.8, 4) is 0 Å². The largest absolute Gasteiger partial charge is 0.347 e. The van der Waals surface area contributed by atoms with Gasteiger partial charge in [0.25, 0.3) is 20.2 Å². The van der Waals surface area contributed by atoms with Gasteiger partial charge in [0.15, 0.2) is 5.71 Å². The third-order valence-corrected chi connectivity index (χ3v) is 11.8. The summed E-state index contributed by atoms with van der Waals surface area (Å²) in [5, 5.41) is 0.478. The van der Waals surface area contributed by atoms with Gasteiger partial charge in [-0.1, -0.05) is 44.2 Å². The van der Waals surface area contributed by atoms with Crippen LogP contribution in [-0.2, 0) is 31.1 Å². The van der Waals surface area contributed by atoms with E-state index in [1.807, 2.05) is 61.9 Å². The second kappa shape index (κ2) is 11.7. The second-order valence-corrected chi connectivity index (χ2v) is 17.4. The van der Waals surface area contributed by atoms with E-state index in [0.717, 1.165) is 17.5 Å². The molecule has 0 unspecified atom stereocenters. The van der Waals surface area contributed by atoms with Crippen molar-refractivity contribution in [2.24, 2.45) is 0 Å². The number of likely N-dealkylation sites (N-methyl/N-ethyl adjacent to an activating group) is 1. The van der Waals surface area contributed by atoms with Crippen LogP contribution in [0.3, 0.4) is 0 Å². The van der Waals surface area contributed by atoms with E-state index < -0.39 is 35.4 Å². The molecule has 45 heavy (non-hydrogen) atoms. The Labute approximate surface area is 291 Å². The molecule has 236 valence electrons. The quantitative estimate of drug-likeness (QED) is 0.114. The predicted molar refractivity (Wildman–Crippen MR) is 196 cm³/mol. The monoisotopic (exact) mass is 871 g/mol. The van der Waals surface area contributed by atoms with E-state index in [-0.39, 0.29) is 10.8 Å². The lowest BCUT2D eigenvalue weighted by Crippen LogP contribution is -2.27. The second-order valence-electron chi connectivity index (χ2n) is 12.1. The summed E-state index contributed by atoms with van der Waals surface area (Å²) in [5.41, 5.74) is 5.30. The molecule has 0 bridgehead atoms. The Morgan fingerprint density at radius 3 is 2.09 bits per heavy atom. The Bertz CT molecular complexity index is 2160. The molecule has 12 heteroatoms. The van der Waals surface area contributed by atoms with E-state index >= 15 is 0 Å². The van der Waals surface area contributed by atoms with Gasteiger partial charge in [0, 0.05) is 59.6 Å². The molecule has 5 rings (SSSR count). The fourth-order valence-electron chi connectivity index (χ4n) is 6.59. The Morgan fingerprint density at radius 2 is 1.44 bits per heavy atom. The maximum absolute atomic E-state index is 12.2. The molecular weight excluding hydrogens is 838 g/mol. The van der Waals surface area contributed by atoms with Gasteiger partial charge in [0.2, 0.25) is 5.69 Å². The van der Waals surface area contributed by atoms with E-state index in [2.05, 4.69) is 89.2 Å². The first-order chi connectivity index (χ1) is 20.8. The molecule has 0 atom stereocenters. The summed E-state index contributed by atoms with van der Waals surface area (Å²) >= 11 is 4.78. The fourth-order valence-corrected chi connectivity index (χ4v) is 10.4. The number of anilines is 1. The van der Waals surface area contributed by atoms with Crippen LogP contribution in [0.25, 0.3) is 10.8 Å². The fraction of sp³-hybridized carbons (Fsp3) is 0.242. The minimum absolute atomic E-state index is 0.127. The average Bonchev–Trinajstić information content (AvgIpc) is 3.23. The summed E-state index contributed by atoms with van der Waals surface area (Å²) in [6, 6.07) is 9.73. The maximum Gasteiger partial charge on any atom is 0.295 e. The minimum Gasteiger partial charge on any atom is -0.347 e. The number of rotatable bonds is 6. The highest BCUT2D eigenvalue weighted by Gasteiger charge is 2.45. The number of benzene rings is 3. The Hall–Kier alpha value is -2.37. The first kappa shape index (κ1) is 34.0. The standard InChI is InChI=1S/C33H32I2N2O6S2/c1-32(2)28(12-10-8-7-9-11-13-29-33(3,4)31-24(35)16-20(34)17-26(31)37(29)6)36(5)25-15-14-22-23(30(25)32)18-21(44(38,39)40)19-27(22)45(41,42)43/h7-19H,1-6H3,(H-,38,39,40,41,42,43)/p+1. The summed E-state index contributed by atoms with van der Waals surface area (Å²) < 4.78 is 72.5. The van der Waals surface area contributed by atoms with Gasteiger partial charge >= 0.3 is 0 Å². The Balaban J connectivity index is 1.43. The Kier molecular flexibility index (Phi) is 8.84. The zero-order chi connectivity index (χ0) is 33.3. The first-order valence-corrected chi connectivity index (χ1v) is 18.9. The summed E-state index contributed by atoms with van der Waals surface area (Å²) in [6.07, 6.45) is 13.9. The SMILES string of the molecule is CN1C(=CC=CC=CC=CC2=[N+](C)c3ccc4c(S(=O)(=O)O)cc(S(=O)(=O)O)cc4c3C2(C)C)C(C)(C)c2c(I)cc(I)cc21. The van der Waals surface area contributed by atoms with Gasteiger partial charge in [-0.2, -0.15) is 21.4 Å². The zero-order valence-electron chi connectivity index (χ0n) is 25.5. The van der Waals surface area contributed by atoms with E-state index in [9.17, 15) is 25.9 Å². The number of hydrogen-bond acceptors (Lipinski definition) is 5. The molecule has 0 aliphatic carbocycles. The van der Waals surface area contributed by atoms with Crippen LogP contribution in [-0.4, -0.2) is 50.3 Å². The van der Waals surface area contributed by atoms with Crippen molar-refractivity contribution < 1.29 is 30.5 Å². The molecule has 3 aromatic rings. The maximum atomic E-state index is 12.2. The van der Waals surface area contributed by atoms with E-state index in [1.54, 1.807) is 6.07 Å². The van der Waals surface area contributed by atoms with Gasteiger partial charge in [-0.3, -0.25) is 9.11 Å². The third-order valence-electron chi connectivity index (χ3n) is 8.59. The van der Waals surface area contributed by atoms with Crippen molar-refractivity contribution in [3.05, 3.63) is 103 Å². The van der Waals surface area contributed by atoms with Crippen LogP contribution in [0.5, 0.6) is 0 Å². The number of halogens is 2. The Morgan fingerprint density at radius 1 is 0.800 bits per heavy atom. The molecular formula is C33H33I2N2O6S2+. The van der Waals surface area contributed by atoms with Crippen molar-refractivity contribution in [2.45, 2.75) is 48.3 Å². The highest BCUT2D eigenvalue weighted by atomic mass is 127. The number of fused-ring (bicyclic) bond motifs is 4. The summed E-state index contributed by atoms with van der Waals surface area (Å²) in [6.45, 7) is 8.40. The van der Waals surface area contributed by atoms with E-state index in [4.69, 9.17) is 0 Å². The van der Waals surface area contributed by atoms with E-state index in [0.29, 0.717) is 10.9 Å². The van der Waals surface area contributed by atoms with Crippen LogP contribution in [0, 0.1) is 7.14 Å². The predicted octanol–water partition coefficient (Wildman–Crippen LogP) is 7.53. The molecule has 0 radical (unpaired) electrons. The normalized spacial score (nSPS) is 18.8. The smallest absolute Gasteiger partial charge is 0.295 e. The topological polar surface area (TPSA) is 115 Å². The van der Waals surface area contributed by atoms with Crippen molar-refractivity contribution in [3.63, 3.8) is 0 Å². The summed E-state index contributed by atoms with van der Waals surface area (Å²) in [7, 11) is -5.55. The van der Waals surface area contributed by atoms with E-state index in [1.165, 1.54) is 36.2 Å². The highest BCUT2D eigenvalue weighted by Crippen LogP contribution is 2.49. The molecule has 3 aromatic carbocycles. The van der Waals surface area contributed by atoms with Crippen molar-refractivity contribution >= 4 is 93.3 Å². The highest BCUT2D eigenvalue weighted by molar-refractivity contribution is 14.1. The molecule has 8 nitrogen and oxygen atoms in total. The molecule has 0 aromatic heterocycles. The summed E-state index contributed by atoms with van der Waals surface area (Å²) in [5.74, 6) is 0. The van der Waals surface area contributed by atoms with Gasteiger partial charge < -0.3 is 4.90 Å². The number of hydrogen-bond donors (Lipinski definition) is 2. The number of allylic oxidation sites excluding steroid dienone is 8. The lowest BCUT2D eigenvalue weighted by atomic mass is 9.79. The van der Waals surface area contributed by atoms with Gasteiger partial charge in [-0.25, -0.2) is 0 Å². The van der Waals surface area contributed by atoms with Gasteiger partial charge in [0.1, 0.15) is 11.9 Å². The van der Waals surface area contributed by atoms with Gasteiger partial charge in [-0.15, -0.1) is 0 Å². The molecule has 0 saturated carbocycles. The van der Waals surface area contributed by atoms with Crippen molar-refractivity contribution in [1.82, 2.24) is 0 Å². The molecule has 2 N–H and O–H groups in total. The number of nitrogens with zero attached hydrogens (tertiary/aromatic N) is 2. The molecule has 0 spiro atoms. The lowest BCUT2D eigenvalue weighted by molar-refractivity contribution is -0.401. The molecule has 0 amide bonds. The minimum atomic E-state index is -4.78. The molecule has 2 heterocycles. The van der Waals surface area contributed by atoms with Gasteiger partial charge in [-0.05, 0) is 101 Å². The average molecular weight is 872 g/mol.